The molecule has 2 aliphatic heterocycles. The Labute approximate surface area is 114 Å². The van der Waals surface area contributed by atoms with Crippen molar-refractivity contribution in [1.82, 2.24) is 10.2 Å². The van der Waals surface area contributed by atoms with E-state index in [1.54, 1.807) is 4.90 Å². The van der Waals surface area contributed by atoms with Gasteiger partial charge in [0, 0.05) is 19.6 Å². The van der Waals surface area contributed by atoms with E-state index in [1.165, 1.54) is 11.1 Å². The van der Waals surface area contributed by atoms with Gasteiger partial charge in [0.05, 0.1) is 0 Å². The summed E-state index contributed by atoms with van der Waals surface area (Å²) in [5, 5.41) is 3.20. The van der Waals surface area contributed by atoms with Gasteiger partial charge in [-0.2, -0.15) is 0 Å². The highest BCUT2D eigenvalue weighted by atomic mass is 16.6. The molecular formula is C15H22N2O2. The second-order valence-corrected chi connectivity index (χ2v) is 5.84. The SMILES string of the molecule is CC(C)(C)OC(=O)N1CC=C(C2=CC=CNC2)CC1. The van der Waals surface area contributed by atoms with Crippen LogP contribution in [0.5, 0.6) is 0 Å². The predicted molar refractivity (Wildman–Crippen MR) is 75.7 cm³/mol. The molecule has 0 unspecified atom stereocenters. The molecule has 0 saturated heterocycles. The Hall–Kier alpha value is -1.71. The van der Waals surface area contributed by atoms with Gasteiger partial charge in [-0.25, -0.2) is 4.79 Å². The molecule has 4 nitrogen and oxygen atoms in total. The summed E-state index contributed by atoms with van der Waals surface area (Å²) in [6, 6.07) is 0. The summed E-state index contributed by atoms with van der Waals surface area (Å²) < 4.78 is 5.38. The highest BCUT2D eigenvalue weighted by molar-refractivity contribution is 5.68. The Morgan fingerprint density at radius 3 is 2.68 bits per heavy atom. The molecule has 2 rings (SSSR count). The molecule has 0 aromatic heterocycles. The van der Waals surface area contributed by atoms with Gasteiger partial charge in [-0.1, -0.05) is 12.2 Å². The number of rotatable bonds is 1. The molecule has 104 valence electrons. The van der Waals surface area contributed by atoms with Gasteiger partial charge < -0.3 is 15.0 Å². The van der Waals surface area contributed by atoms with Crippen LogP contribution in [-0.4, -0.2) is 36.2 Å². The molecule has 2 aliphatic rings. The summed E-state index contributed by atoms with van der Waals surface area (Å²) in [5.41, 5.74) is 2.21. The van der Waals surface area contributed by atoms with Crippen LogP contribution in [0.3, 0.4) is 0 Å². The van der Waals surface area contributed by atoms with Crippen LogP contribution in [0.4, 0.5) is 4.79 Å². The molecule has 1 N–H and O–H groups in total. The largest absolute Gasteiger partial charge is 0.444 e. The zero-order chi connectivity index (χ0) is 13.9. The lowest BCUT2D eigenvalue weighted by atomic mass is 9.98. The molecule has 0 spiro atoms. The molecular weight excluding hydrogens is 240 g/mol. The van der Waals surface area contributed by atoms with E-state index in [0.29, 0.717) is 6.54 Å². The van der Waals surface area contributed by atoms with E-state index in [2.05, 4.69) is 17.5 Å². The number of dihydropyridines is 1. The number of nitrogens with one attached hydrogen (secondary N) is 1. The fourth-order valence-corrected chi connectivity index (χ4v) is 2.13. The molecule has 0 bridgehead atoms. The van der Waals surface area contributed by atoms with Gasteiger partial charge >= 0.3 is 6.09 Å². The van der Waals surface area contributed by atoms with Crippen molar-refractivity contribution in [3.05, 3.63) is 35.6 Å². The summed E-state index contributed by atoms with van der Waals surface area (Å²) in [7, 11) is 0. The number of hydrogen-bond acceptors (Lipinski definition) is 3. The third-order valence-electron chi connectivity index (χ3n) is 3.08. The van der Waals surface area contributed by atoms with Crippen LogP contribution in [0.25, 0.3) is 0 Å². The minimum Gasteiger partial charge on any atom is -0.444 e. The van der Waals surface area contributed by atoms with E-state index in [-0.39, 0.29) is 6.09 Å². The standard InChI is InChI=1S/C15H22N2O2/c1-15(2,3)19-14(18)17-9-6-12(7-10-17)13-5-4-8-16-11-13/h4-6,8,16H,7,9-11H2,1-3H3. The van der Waals surface area contributed by atoms with Crippen LogP contribution in [0.1, 0.15) is 27.2 Å². The Balaban J connectivity index is 1.94. The lowest BCUT2D eigenvalue weighted by Gasteiger charge is -2.30. The van der Waals surface area contributed by atoms with Gasteiger partial charge in [0.25, 0.3) is 0 Å². The van der Waals surface area contributed by atoms with Crippen molar-refractivity contribution in [1.29, 1.82) is 0 Å². The number of ether oxygens (including phenoxy) is 1. The second-order valence-electron chi connectivity index (χ2n) is 5.84. The lowest BCUT2D eigenvalue weighted by molar-refractivity contribution is 0.0266. The average Bonchev–Trinajstić information content (AvgIpc) is 2.38. The molecule has 0 saturated carbocycles. The number of carbonyl (C=O) groups excluding carboxylic acids is 1. The first-order valence-electron chi connectivity index (χ1n) is 6.72. The Bertz CT molecular complexity index is 442. The van der Waals surface area contributed by atoms with E-state index < -0.39 is 5.60 Å². The minimum atomic E-state index is -0.429. The smallest absolute Gasteiger partial charge is 0.410 e. The first-order chi connectivity index (χ1) is 8.96. The zero-order valence-corrected chi connectivity index (χ0v) is 11.9. The third-order valence-corrected chi connectivity index (χ3v) is 3.08. The van der Waals surface area contributed by atoms with Gasteiger partial charge in [-0.15, -0.1) is 0 Å². The van der Waals surface area contributed by atoms with Crippen molar-refractivity contribution in [3.63, 3.8) is 0 Å². The van der Waals surface area contributed by atoms with Crippen LogP contribution in [0, 0.1) is 0 Å². The molecule has 0 fully saturated rings. The molecule has 0 aromatic carbocycles. The highest BCUT2D eigenvalue weighted by Gasteiger charge is 2.24. The molecule has 2 heterocycles. The van der Waals surface area contributed by atoms with E-state index >= 15 is 0 Å². The van der Waals surface area contributed by atoms with Crippen LogP contribution in [0.15, 0.2) is 35.6 Å². The molecule has 0 aliphatic carbocycles. The highest BCUT2D eigenvalue weighted by Crippen LogP contribution is 2.21. The summed E-state index contributed by atoms with van der Waals surface area (Å²) >= 11 is 0. The van der Waals surface area contributed by atoms with Crippen LogP contribution >= 0.6 is 0 Å². The Morgan fingerprint density at radius 2 is 2.16 bits per heavy atom. The van der Waals surface area contributed by atoms with Crippen LogP contribution in [-0.2, 0) is 4.74 Å². The number of amides is 1. The molecule has 0 radical (unpaired) electrons. The maximum Gasteiger partial charge on any atom is 0.410 e. The first-order valence-corrected chi connectivity index (χ1v) is 6.72. The zero-order valence-electron chi connectivity index (χ0n) is 11.9. The number of carbonyl (C=O) groups is 1. The predicted octanol–water partition coefficient (Wildman–Crippen LogP) is 2.60. The number of nitrogens with zero attached hydrogens (tertiary/aromatic N) is 1. The Kier molecular flexibility index (Phi) is 3.98. The van der Waals surface area contributed by atoms with Crippen LogP contribution in [0.2, 0.25) is 0 Å². The quantitative estimate of drug-likeness (QED) is 0.789. The van der Waals surface area contributed by atoms with E-state index in [1.807, 2.05) is 33.0 Å². The average molecular weight is 262 g/mol. The van der Waals surface area contributed by atoms with Crippen molar-refractivity contribution in [2.45, 2.75) is 32.8 Å². The molecule has 1 amide bonds. The fraction of sp³-hybridized carbons (Fsp3) is 0.533. The third kappa shape index (κ3) is 3.88. The van der Waals surface area contributed by atoms with Crippen molar-refractivity contribution in [2.75, 3.05) is 19.6 Å². The van der Waals surface area contributed by atoms with Crippen LogP contribution < -0.4 is 5.32 Å². The Morgan fingerprint density at radius 1 is 1.37 bits per heavy atom. The van der Waals surface area contributed by atoms with Crippen molar-refractivity contribution in [3.8, 4) is 0 Å². The van der Waals surface area contributed by atoms with E-state index in [4.69, 9.17) is 4.74 Å². The van der Waals surface area contributed by atoms with Crippen molar-refractivity contribution >= 4 is 6.09 Å². The molecule has 19 heavy (non-hydrogen) atoms. The maximum absolute atomic E-state index is 11.9. The number of allylic oxidation sites excluding steroid dienone is 2. The van der Waals surface area contributed by atoms with Gasteiger partial charge in [-0.05, 0) is 50.6 Å². The second kappa shape index (κ2) is 5.51. The topological polar surface area (TPSA) is 41.6 Å². The monoisotopic (exact) mass is 262 g/mol. The first kappa shape index (κ1) is 13.7. The van der Waals surface area contributed by atoms with Gasteiger partial charge in [0.1, 0.15) is 5.60 Å². The normalized spacial score (nSPS) is 19.4. The fourth-order valence-electron chi connectivity index (χ4n) is 2.13. The maximum atomic E-state index is 11.9. The summed E-state index contributed by atoms with van der Waals surface area (Å²) in [5.74, 6) is 0. The van der Waals surface area contributed by atoms with Crippen molar-refractivity contribution < 1.29 is 9.53 Å². The lowest BCUT2D eigenvalue weighted by Crippen LogP contribution is -2.39. The van der Waals surface area contributed by atoms with E-state index in [9.17, 15) is 4.79 Å². The van der Waals surface area contributed by atoms with Gasteiger partial charge in [0.15, 0.2) is 0 Å². The van der Waals surface area contributed by atoms with Crippen molar-refractivity contribution in [2.24, 2.45) is 0 Å². The summed E-state index contributed by atoms with van der Waals surface area (Å²) in [6.45, 7) is 7.89. The molecule has 4 heteroatoms. The molecule has 0 aromatic rings. The summed E-state index contributed by atoms with van der Waals surface area (Å²) in [4.78, 5) is 13.7. The number of hydrogen-bond donors (Lipinski definition) is 1. The molecule has 0 atom stereocenters. The van der Waals surface area contributed by atoms with Gasteiger partial charge in [-0.3, -0.25) is 0 Å². The summed E-state index contributed by atoms with van der Waals surface area (Å²) in [6.07, 6.45) is 8.88. The minimum absolute atomic E-state index is 0.224. The van der Waals surface area contributed by atoms with E-state index in [0.717, 1.165) is 19.5 Å². The van der Waals surface area contributed by atoms with Gasteiger partial charge in [0.2, 0.25) is 0 Å².